The molecule has 0 atom stereocenters. The Morgan fingerprint density at radius 1 is 1.40 bits per heavy atom. The smallest absolute Gasteiger partial charge is 0.355 e. The van der Waals surface area contributed by atoms with Gasteiger partial charge in [0.15, 0.2) is 5.69 Å². The van der Waals surface area contributed by atoms with E-state index >= 15 is 0 Å². The third-order valence-electron chi connectivity index (χ3n) is 3.09. The molecule has 0 radical (unpaired) electrons. The van der Waals surface area contributed by atoms with Crippen molar-refractivity contribution in [1.29, 1.82) is 0 Å². The Labute approximate surface area is 123 Å². The van der Waals surface area contributed by atoms with Gasteiger partial charge < -0.3 is 10.4 Å². The lowest BCUT2D eigenvalue weighted by molar-refractivity contribution is 0.0691. The number of carbonyl (C=O) groups is 2. The molecule has 104 valence electrons. The van der Waals surface area contributed by atoms with Gasteiger partial charge in [0.25, 0.3) is 5.91 Å². The maximum absolute atomic E-state index is 12.1. The number of rotatable bonds is 5. The Hall–Kier alpha value is -1.73. The molecule has 0 aromatic carbocycles. The number of nitrogens with one attached hydrogen (secondary N) is 1. The number of amides is 1. The van der Waals surface area contributed by atoms with E-state index in [9.17, 15) is 9.59 Å². The zero-order chi connectivity index (χ0) is 14.1. The van der Waals surface area contributed by atoms with Crippen LogP contribution < -0.4 is 5.32 Å². The molecule has 2 N–H and O–H groups in total. The van der Waals surface area contributed by atoms with Gasteiger partial charge in [-0.1, -0.05) is 0 Å². The van der Waals surface area contributed by atoms with Gasteiger partial charge in [-0.25, -0.2) is 9.78 Å². The van der Waals surface area contributed by atoms with E-state index in [0.29, 0.717) is 10.9 Å². The van der Waals surface area contributed by atoms with Crippen LogP contribution in [-0.4, -0.2) is 22.0 Å². The molecule has 2 aromatic rings. The maximum atomic E-state index is 12.1. The van der Waals surface area contributed by atoms with Crippen LogP contribution in [0.15, 0.2) is 16.8 Å². The van der Waals surface area contributed by atoms with Crippen molar-refractivity contribution in [2.45, 2.75) is 25.3 Å². The van der Waals surface area contributed by atoms with Crippen LogP contribution in [0.5, 0.6) is 0 Å². The average molecular weight is 308 g/mol. The number of carboxylic acid groups (broad SMARTS) is 1. The summed E-state index contributed by atoms with van der Waals surface area (Å²) in [4.78, 5) is 27.6. The first-order chi connectivity index (χ1) is 9.65. The molecule has 0 aliphatic heterocycles. The molecule has 1 aliphatic carbocycles. The topological polar surface area (TPSA) is 79.3 Å². The van der Waals surface area contributed by atoms with Gasteiger partial charge in [0.2, 0.25) is 0 Å². The first kappa shape index (κ1) is 13.3. The minimum absolute atomic E-state index is 0.0223. The Morgan fingerprint density at radius 3 is 2.85 bits per heavy atom. The second-order valence-electron chi connectivity index (χ2n) is 4.59. The average Bonchev–Trinajstić information content (AvgIpc) is 2.98. The molecular weight excluding hydrogens is 296 g/mol. The summed E-state index contributed by atoms with van der Waals surface area (Å²) in [5.74, 6) is -0.609. The van der Waals surface area contributed by atoms with Crippen LogP contribution >= 0.6 is 22.7 Å². The number of carbonyl (C=O) groups excluding carboxylic acids is 1. The van der Waals surface area contributed by atoms with E-state index in [1.807, 2.05) is 11.4 Å². The number of nitrogens with zero attached hydrogens (tertiary/aromatic N) is 1. The highest BCUT2D eigenvalue weighted by Crippen LogP contribution is 2.43. The van der Waals surface area contributed by atoms with Crippen molar-refractivity contribution in [3.8, 4) is 0 Å². The molecule has 5 nitrogen and oxygen atoms in total. The molecule has 2 heterocycles. The zero-order valence-electron chi connectivity index (χ0n) is 10.5. The predicted octanol–water partition coefficient (Wildman–Crippen LogP) is 2.71. The zero-order valence-corrected chi connectivity index (χ0v) is 12.1. The van der Waals surface area contributed by atoms with E-state index in [1.54, 1.807) is 0 Å². The summed E-state index contributed by atoms with van der Waals surface area (Å²) in [6.45, 7) is 0.263. The van der Waals surface area contributed by atoms with Crippen LogP contribution in [0.3, 0.4) is 0 Å². The van der Waals surface area contributed by atoms with Gasteiger partial charge in [-0.15, -0.1) is 22.7 Å². The number of hydrogen-bond donors (Lipinski definition) is 2. The van der Waals surface area contributed by atoms with Crippen LogP contribution in [-0.2, 0) is 6.54 Å². The first-order valence-corrected chi connectivity index (χ1v) is 7.94. The first-order valence-electron chi connectivity index (χ1n) is 6.18. The van der Waals surface area contributed by atoms with E-state index < -0.39 is 5.97 Å². The molecule has 1 aliphatic rings. The fourth-order valence-electron chi connectivity index (χ4n) is 1.95. The van der Waals surface area contributed by atoms with Crippen LogP contribution in [0.2, 0.25) is 0 Å². The number of aromatic nitrogens is 1. The Bertz CT molecular complexity index is 658. The van der Waals surface area contributed by atoms with Crippen molar-refractivity contribution in [3.05, 3.63) is 38.0 Å². The number of hydrogen-bond acceptors (Lipinski definition) is 5. The standard InChI is InChI=1S/C13H12N2O3S2/c16-12(11-8(3-4-19-11)7-1-2-7)14-5-10-15-9(6-20-10)13(17)18/h3-4,6-7H,1-2,5H2,(H,14,16)(H,17,18). The van der Waals surface area contributed by atoms with E-state index in [0.717, 1.165) is 23.3 Å². The molecule has 20 heavy (non-hydrogen) atoms. The van der Waals surface area contributed by atoms with Crippen molar-refractivity contribution in [2.75, 3.05) is 0 Å². The molecule has 1 saturated carbocycles. The lowest BCUT2D eigenvalue weighted by atomic mass is 10.1. The second-order valence-corrected chi connectivity index (χ2v) is 6.45. The van der Waals surface area contributed by atoms with Crippen LogP contribution in [0.25, 0.3) is 0 Å². The largest absolute Gasteiger partial charge is 0.476 e. The summed E-state index contributed by atoms with van der Waals surface area (Å²) in [5.41, 5.74) is 1.16. The molecule has 2 aromatic heterocycles. The van der Waals surface area contributed by atoms with Gasteiger partial charge in [0.05, 0.1) is 11.4 Å². The minimum Gasteiger partial charge on any atom is -0.476 e. The maximum Gasteiger partial charge on any atom is 0.355 e. The normalized spacial score (nSPS) is 14.2. The van der Waals surface area contributed by atoms with Gasteiger partial charge in [-0.3, -0.25) is 4.79 Å². The third-order valence-corrected chi connectivity index (χ3v) is 4.87. The Morgan fingerprint density at radius 2 is 2.20 bits per heavy atom. The van der Waals surface area contributed by atoms with Crippen molar-refractivity contribution >= 4 is 34.6 Å². The highest BCUT2D eigenvalue weighted by atomic mass is 32.1. The molecule has 3 rings (SSSR count). The predicted molar refractivity (Wildman–Crippen MR) is 76.5 cm³/mol. The van der Waals surface area contributed by atoms with Gasteiger partial charge in [0.1, 0.15) is 5.01 Å². The van der Waals surface area contributed by atoms with Gasteiger partial charge >= 0.3 is 5.97 Å². The summed E-state index contributed by atoms with van der Waals surface area (Å²) in [6, 6.07) is 2.02. The second kappa shape index (κ2) is 5.34. The fourth-order valence-corrected chi connectivity index (χ4v) is 3.55. The third kappa shape index (κ3) is 2.73. The van der Waals surface area contributed by atoms with Crippen LogP contribution in [0.4, 0.5) is 0 Å². The number of carboxylic acids is 1. The molecule has 1 fully saturated rings. The minimum atomic E-state index is -1.05. The summed E-state index contributed by atoms with van der Waals surface area (Å²) in [5, 5.41) is 15.6. The van der Waals surface area contributed by atoms with Gasteiger partial charge in [-0.05, 0) is 35.8 Å². The molecule has 0 saturated heterocycles. The molecule has 7 heteroatoms. The summed E-state index contributed by atoms with van der Waals surface area (Å²) >= 11 is 2.68. The van der Waals surface area contributed by atoms with Gasteiger partial charge in [-0.2, -0.15) is 0 Å². The highest BCUT2D eigenvalue weighted by molar-refractivity contribution is 7.12. The van der Waals surface area contributed by atoms with E-state index in [4.69, 9.17) is 5.11 Å². The monoisotopic (exact) mass is 308 g/mol. The van der Waals surface area contributed by atoms with Gasteiger partial charge in [0, 0.05) is 5.38 Å². The molecule has 0 spiro atoms. The number of thiophene rings is 1. The molecular formula is C13H12N2O3S2. The van der Waals surface area contributed by atoms with Crippen molar-refractivity contribution in [2.24, 2.45) is 0 Å². The fraction of sp³-hybridized carbons (Fsp3) is 0.308. The quantitative estimate of drug-likeness (QED) is 0.890. The van der Waals surface area contributed by atoms with E-state index in [2.05, 4.69) is 10.3 Å². The summed E-state index contributed by atoms with van der Waals surface area (Å²) < 4.78 is 0. The highest BCUT2D eigenvalue weighted by Gasteiger charge is 2.28. The lowest BCUT2D eigenvalue weighted by Crippen LogP contribution is -2.22. The van der Waals surface area contributed by atoms with Crippen LogP contribution in [0.1, 0.15) is 49.5 Å². The van der Waals surface area contributed by atoms with Crippen molar-refractivity contribution in [1.82, 2.24) is 10.3 Å². The Balaban J connectivity index is 1.63. The number of thiazole rings is 1. The summed E-state index contributed by atoms with van der Waals surface area (Å²) in [7, 11) is 0. The Kier molecular flexibility index (Phi) is 3.54. The van der Waals surface area contributed by atoms with E-state index in [1.165, 1.54) is 28.1 Å². The molecule has 0 bridgehead atoms. The SMILES string of the molecule is O=C(O)c1csc(CNC(=O)c2sccc2C2CC2)n1. The molecule has 0 unspecified atom stereocenters. The number of aromatic carboxylic acids is 1. The van der Waals surface area contributed by atoms with E-state index in [-0.39, 0.29) is 18.1 Å². The lowest BCUT2D eigenvalue weighted by Gasteiger charge is -2.03. The van der Waals surface area contributed by atoms with Crippen molar-refractivity contribution < 1.29 is 14.7 Å². The summed E-state index contributed by atoms with van der Waals surface area (Å²) in [6.07, 6.45) is 2.32. The molecule has 1 amide bonds. The van der Waals surface area contributed by atoms with Crippen LogP contribution in [0, 0.1) is 0 Å². The van der Waals surface area contributed by atoms with Crippen molar-refractivity contribution in [3.63, 3.8) is 0 Å².